The fourth-order valence-corrected chi connectivity index (χ4v) is 3.16. The molecule has 1 aliphatic heterocycles. The van der Waals surface area contributed by atoms with Crippen molar-refractivity contribution in [2.24, 2.45) is 5.41 Å². The Bertz CT molecular complexity index is 482. The van der Waals surface area contributed by atoms with Gasteiger partial charge in [-0.1, -0.05) is 37.0 Å². The predicted octanol–water partition coefficient (Wildman–Crippen LogP) is 3.85. The van der Waals surface area contributed by atoms with E-state index in [0.29, 0.717) is 15.6 Å². The molecule has 1 heterocycles. The molecule has 3 nitrogen and oxygen atoms in total. The summed E-state index contributed by atoms with van der Waals surface area (Å²) < 4.78 is 0. The van der Waals surface area contributed by atoms with Crippen LogP contribution in [0, 0.1) is 5.41 Å². The summed E-state index contributed by atoms with van der Waals surface area (Å²) in [5.41, 5.74) is 0.790. The topological polar surface area (TPSA) is 40.5 Å². The minimum atomic E-state index is -0.865. The van der Waals surface area contributed by atoms with Crippen LogP contribution >= 0.6 is 23.2 Å². The van der Waals surface area contributed by atoms with Crippen molar-refractivity contribution < 1.29 is 9.90 Å². The number of halogens is 2. The van der Waals surface area contributed by atoms with Crippen molar-refractivity contribution in [3.8, 4) is 0 Å². The van der Waals surface area contributed by atoms with Crippen molar-refractivity contribution in [1.82, 2.24) is 4.90 Å². The van der Waals surface area contributed by atoms with E-state index < -0.39 is 12.0 Å². The fourth-order valence-electron chi connectivity index (χ4n) is 2.62. The van der Waals surface area contributed by atoms with Gasteiger partial charge < -0.3 is 5.11 Å². The number of nitrogens with zero attached hydrogens (tertiary/aromatic N) is 1. The van der Waals surface area contributed by atoms with Gasteiger partial charge in [0.25, 0.3) is 0 Å². The standard InChI is InChI=1S/C14H17Cl2NO2/c1-14(2)3-4-17(8-14)12(13(18)19)9-5-10(15)7-11(16)6-9/h5-7,12H,3-4,8H2,1-2H3,(H,18,19). The van der Waals surface area contributed by atoms with Crippen molar-refractivity contribution in [2.45, 2.75) is 26.3 Å². The molecule has 0 aliphatic carbocycles. The lowest BCUT2D eigenvalue weighted by atomic mass is 9.93. The summed E-state index contributed by atoms with van der Waals surface area (Å²) in [4.78, 5) is 13.6. The van der Waals surface area contributed by atoms with E-state index in [9.17, 15) is 9.90 Å². The Morgan fingerprint density at radius 2 is 1.89 bits per heavy atom. The van der Waals surface area contributed by atoms with Crippen LogP contribution in [-0.2, 0) is 4.79 Å². The summed E-state index contributed by atoms with van der Waals surface area (Å²) in [6.07, 6.45) is 0.991. The monoisotopic (exact) mass is 301 g/mol. The van der Waals surface area contributed by atoms with Crippen LogP contribution in [0.4, 0.5) is 0 Å². The van der Waals surface area contributed by atoms with Crippen LogP contribution in [0.25, 0.3) is 0 Å². The molecule has 0 aromatic heterocycles. The lowest BCUT2D eigenvalue weighted by Crippen LogP contribution is -2.33. The Hall–Kier alpha value is -0.770. The molecule has 0 radical (unpaired) electrons. The van der Waals surface area contributed by atoms with E-state index >= 15 is 0 Å². The van der Waals surface area contributed by atoms with Crippen molar-refractivity contribution in [1.29, 1.82) is 0 Å². The normalized spacial score (nSPS) is 20.4. The van der Waals surface area contributed by atoms with Gasteiger partial charge in [-0.05, 0) is 42.1 Å². The Labute approximate surface area is 123 Å². The van der Waals surface area contributed by atoms with Crippen LogP contribution in [0.3, 0.4) is 0 Å². The minimum Gasteiger partial charge on any atom is -0.480 e. The van der Waals surface area contributed by atoms with Crippen LogP contribution in [0.1, 0.15) is 31.9 Å². The molecule has 1 unspecified atom stereocenters. The lowest BCUT2D eigenvalue weighted by molar-refractivity contribution is -0.143. The summed E-state index contributed by atoms with van der Waals surface area (Å²) in [6, 6.07) is 4.28. The molecular weight excluding hydrogens is 285 g/mol. The van der Waals surface area contributed by atoms with Gasteiger partial charge in [0.1, 0.15) is 6.04 Å². The third-order valence-corrected chi connectivity index (χ3v) is 3.94. The average molecular weight is 302 g/mol. The summed E-state index contributed by atoms with van der Waals surface area (Å²) in [7, 11) is 0. The maximum Gasteiger partial charge on any atom is 0.325 e. The zero-order chi connectivity index (χ0) is 14.2. The number of rotatable bonds is 3. The maximum absolute atomic E-state index is 11.6. The van der Waals surface area contributed by atoms with Crippen molar-refractivity contribution in [3.05, 3.63) is 33.8 Å². The fraction of sp³-hybridized carbons (Fsp3) is 0.500. The molecule has 5 heteroatoms. The highest BCUT2D eigenvalue weighted by molar-refractivity contribution is 6.34. The summed E-state index contributed by atoms with van der Waals surface area (Å²) in [5.74, 6) is -0.865. The van der Waals surface area contributed by atoms with Crippen LogP contribution in [0.5, 0.6) is 0 Å². The molecule has 1 atom stereocenters. The smallest absolute Gasteiger partial charge is 0.325 e. The van der Waals surface area contributed by atoms with Gasteiger partial charge in [-0.15, -0.1) is 0 Å². The average Bonchev–Trinajstić information content (AvgIpc) is 2.56. The molecule has 19 heavy (non-hydrogen) atoms. The van der Waals surface area contributed by atoms with E-state index in [-0.39, 0.29) is 5.41 Å². The van der Waals surface area contributed by atoms with Gasteiger partial charge in [0.05, 0.1) is 0 Å². The third kappa shape index (κ3) is 3.41. The number of aliphatic carboxylic acids is 1. The predicted molar refractivity (Wildman–Crippen MR) is 76.8 cm³/mol. The van der Waals surface area contributed by atoms with Crippen LogP contribution in [0.15, 0.2) is 18.2 Å². The first kappa shape index (κ1) is 14.6. The number of benzene rings is 1. The van der Waals surface area contributed by atoms with E-state index in [0.717, 1.165) is 19.5 Å². The first-order chi connectivity index (χ1) is 8.78. The second-order valence-corrected chi connectivity index (χ2v) is 6.70. The molecule has 0 saturated carbocycles. The summed E-state index contributed by atoms with van der Waals surface area (Å²) >= 11 is 11.9. The van der Waals surface area contributed by atoms with E-state index in [2.05, 4.69) is 13.8 Å². The number of carboxylic acid groups (broad SMARTS) is 1. The summed E-state index contributed by atoms with van der Waals surface area (Å²) in [5, 5.41) is 10.4. The largest absolute Gasteiger partial charge is 0.480 e. The molecule has 2 rings (SSSR count). The number of carbonyl (C=O) groups is 1. The molecule has 1 fully saturated rings. The molecule has 0 amide bonds. The number of likely N-dealkylation sites (tertiary alicyclic amines) is 1. The third-order valence-electron chi connectivity index (χ3n) is 3.51. The Balaban J connectivity index is 2.33. The zero-order valence-corrected chi connectivity index (χ0v) is 12.5. The van der Waals surface area contributed by atoms with Crippen LogP contribution < -0.4 is 0 Å². The number of hydrogen-bond donors (Lipinski definition) is 1. The Morgan fingerprint density at radius 1 is 1.32 bits per heavy atom. The Morgan fingerprint density at radius 3 is 2.32 bits per heavy atom. The Kier molecular flexibility index (Phi) is 4.09. The van der Waals surface area contributed by atoms with E-state index in [1.807, 2.05) is 4.90 Å². The first-order valence-corrected chi connectivity index (χ1v) is 6.97. The van der Waals surface area contributed by atoms with Crippen LogP contribution in [-0.4, -0.2) is 29.1 Å². The first-order valence-electron chi connectivity index (χ1n) is 6.21. The van der Waals surface area contributed by atoms with Gasteiger partial charge in [0, 0.05) is 16.6 Å². The summed E-state index contributed by atoms with van der Waals surface area (Å²) in [6.45, 7) is 5.83. The van der Waals surface area contributed by atoms with E-state index in [4.69, 9.17) is 23.2 Å². The highest BCUT2D eigenvalue weighted by Crippen LogP contribution is 2.36. The van der Waals surface area contributed by atoms with Gasteiger partial charge >= 0.3 is 5.97 Å². The zero-order valence-electron chi connectivity index (χ0n) is 11.0. The molecule has 1 N–H and O–H groups in total. The molecule has 1 saturated heterocycles. The second-order valence-electron chi connectivity index (χ2n) is 5.83. The highest BCUT2D eigenvalue weighted by atomic mass is 35.5. The van der Waals surface area contributed by atoms with Gasteiger partial charge in [-0.25, -0.2) is 0 Å². The van der Waals surface area contributed by atoms with Crippen molar-refractivity contribution in [3.63, 3.8) is 0 Å². The quantitative estimate of drug-likeness (QED) is 0.922. The molecule has 0 spiro atoms. The van der Waals surface area contributed by atoms with Crippen molar-refractivity contribution >= 4 is 29.2 Å². The van der Waals surface area contributed by atoms with Gasteiger partial charge in [-0.3, -0.25) is 9.69 Å². The second kappa shape index (κ2) is 5.31. The number of carboxylic acids is 1. The highest BCUT2D eigenvalue weighted by Gasteiger charge is 2.37. The van der Waals surface area contributed by atoms with Gasteiger partial charge in [0.2, 0.25) is 0 Å². The molecule has 1 aliphatic rings. The molecular formula is C14H17Cl2NO2. The molecule has 0 bridgehead atoms. The lowest BCUT2D eigenvalue weighted by Gasteiger charge is -2.26. The van der Waals surface area contributed by atoms with E-state index in [1.165, 1.54) is 0 Å². The van der Waals surface area contributed by atoms with Crippen LogP contribution in [0.2, 0.25) is 10.0 Å². The SMILES string of the molecule is CC1(C)CCN(C(C(=O)O)c2cc(Cl)cc(Cl)c2)C1. The molecule has 1 aromatic rings. The maximum atomic E-state index is 11.6. The molecule has 104 valence electrons. The number of hydrogen-bond acceptors (Lipinski definition) is 2. The van der Waals surface area contributed by atoms with Gasteiger partial charge in [-0.2, -0.15) is 0 Å². The molecule has 1 aromatic carbocycles. The van der Waals surface area contributed by atoms with Crippen molar-refractivity contribution in [2.75, 3.05) is 13.1 Å². The van der Waals surface area contributed by atoms with E-state index in [1.54, 1.807) is 18.2 Å². The minimum absolute atomic E-state index is 0.149. The van der Waals surface area contributed by atoms with Gasteiger partial charge in [0.15, 0.2) is 0 Å².